The summed E-state index contributed by atoms with van der Waals surface area (Å²) in [6.45, 7) is 5.69. The van der Waals surface area contributed by atoms with Crippen molar-refractivity contribution in [3.63, 3.8) is 0 Å². The molecule has 7 heteroatoms. The van der Waals surface area contributed by atoms with Gasteiger partial charge in [0.05, 0.1) is 29.5 Å². The van der Waals surface area contributed by atoms with Crippen LogP contribution in [0.15, 0.2) is 0 Å². The largest absolute Gasteiger partial charge is 0.392 e. The lowest BCUT2D eigenvalue weighted by atomic mass is 10.2. The lowest BCUT2D eigenvalue weighted by Gasteiger charge is -2.15. The Balaban J connectivity index is 4.18. The Morgan fingerprint density at radius 3 is 2.44 bits per heavy atom. The monoisotopic (exact) mass is 268 g/mol. The molecule has 0 amide bonds. The van der Waals surface area contributed by atoms with E-state index in [2.05, 4.69) is 4.72 Å². The summed E-state index contributed by atoms with van der Waals surface area (Å²) in [5, 5.41) is 0. The summed E-state index contributed by atoms with van der Waals surface area (Å²) in [6, 6.07) is -0.473. The van der Waals surface area contributed by atoms with Crippen molar-refractivity contribution < 1.29 is 13.2 Å². The Kier molecular flexibility index (Phi) is 7.05. The summed E-state index contributed by atoms with van der Waals surface area (Å²) in [5.74, 6) is -0.0791. The van der Waals surface area contributed by atoms with E-state index >= 15 is 0 Å². The summed E-state index contributed by atoms with van der Waals surface area (Å²) in [7, 11) is -3.38. The molecule has 0 saturated carbocycles. The van der Waals surface area contributed by atoms with Gasteiger partial charge in [-0.3, -0.25) is 0 Å². The molecule has 0 heterocycles. The zero-order valence-corrected chi connectivity index (χ0v) is 11.5. The molecule has 0 rings (SSSR count). The van der Waals surface area contributed by atoms with Crippen molar-refractivity contribution in [3.8, 4) is 0 Å². The number of nitrogens with two attached hydrogens (primary N) is 1. The van der Waals surface area contributed by atoms with Crippen LogP contribution in [0.4, 0.5) is 0 Å². The molecular weight excluding hydrogens is 248 g/mol. The predicted octanol–water partition coefficient (Wildman–Crippen LogP) is 0.396. The van der Waals surface area contributed by atoms with Crippen molar-refractivity contribution in [1.29, 1.82) is 0 Å². The lowest BCUT2D eigenvalue weighted by Crippen LogP contribution is -2.44. The smallest absolute Gasteiger partial charge is 0.214 e. The molecule has 5 nitrogen and oxygen atoms in total. The second-order valence-electron chi connectivity index (χ2n) is 3.72. The number of rotatable bonds is 8. The Hall–Kier alpha value is -0.240. The van der Waals surface area contributed by atoms with Gasteiger partial charge in [0.1, 0.15) is 0 Å². The van der Waals surface area contributed by atoms with Crippen molar-refractivity contribution in [2.75, 3.05) is 12.4 Å². The molecule has 0 spiro atoms. The van der Waals surface area contributed by atoms with Crippen molar-refractivity contribution in [2.45, 2.75) is 39.3 Å². The van der Waals surface area contributed by atoms with Gasteiger partial charge in [0.2, 0.25) is 10.0 Å². The van der Waals surface area contributed by atoms with Gasteiger partial charge in [0.15, 0.2) is 0 Å². The summed E-state index contributed by atoms with van der Waals surface area (Å²) in [5.41, 5.74) is 5.40. The molecule has 1 atom stereocenters. The van der Waals surface area contributed by atoms with Crippen LogP contribution in [0, 0.1) is 0 Å². The second kappa shape index (κ2) is 7.16. The van der Waals surface area contributed by atoms with E-state index in [1.54, 1.807) is 0 Å². The van der Waals surface area contributed by atoms with E-state index < -0.39 is 16.1 Å². The fourth-order valence-electron chi connectivity index (χ4n) is 1.01. The minimum Gasteiger partial charge on any atom is -0.392 e. The van der Waals surface area contributed by atoms with Crippen LogP contribution in [0.3, 0.4) is 0 Å². The number of nitrogens with one attached hydrogen (secondary N) is 1. The Morgan fingerprint density at radius 2 is 2.06 bits per heavy atom. The van der Waals surface area contributed by atoms with Gasteiger partial charge in [-0.2, -0.15) is 0 Å². The van der Waals surface area contributed by atoms with E-state index in [0.29, 0.717) is 6.42 Å². The highest BCUT2D eigenvalue weighted by atomic mass is 32.2. The highest BCUT2D eigenvalue weighted by Gasteiger charge is 2.18. The standard InChI is InChI=1S/C9H20N2O3S2/c1-4-8(9(10)15)11-16(12,13)6-5-14-7(2)3/h7-8,11H,4-6H2,1-3H3,(H2,10,15). The molecule has 0 aromatic heterocycles. The van der Waals surface area contributed by atoms with Crippen LogP contribution < -0.4 is 10.5 Å². The van der Waals surface area contributed by atoms with Crippen LogP contribution in [0.1, 0.15) is 27.2 Å². The van der Waals surface area contributed by atoms with E-state index in [-0.39, 0.29) is 23.5 Å². The molecule has 0 aliphatic rings. The maximum atomic E-state index is 11.6. The molecule has 1 unspecified atom stereocenters. The zero-order chi connectivity index (χ0) is 12.8. The number of hydrogen-bond donors (Lipinski definition) is 2. The molecule has 0 aromatic carbocycles. The van der Waals surface area contributed by atoms with Crippen molar-refractivity contribution in [1.82, 2.24) is 4.72 Å². The highest BCUT2D eigenvalue weighted by molar-refractivity contribution is 7.89. The first kappa shape index (κ1) is 15.8. The third kappa shape index (κ3) is 7.10. The Morgan fingerprint density at radius 1 is 1.50 bits per heavy atom. The molecule has 0 aromatic rings. The zero-order valence-electron chi connectivity index (χ0n) is 9.89. The van der Waals surface area contributed by atoms with Gasteiger partial charge in [-0.05, 0) is 20.3 Å². The van der Waals surface area contributed by atoms with E-state index in [4.69, 9.17) is 22.7 Å². The highest BCUT2D eigenvalue weighted by Crippen LogP contribution is 1.97. The van der Waals surface area contributed by atoms with Gasteiger partial charge in [0.25, 0.3) is 0 Å². The van der Waals surface area contributed by atoms with Gasteiger partial charge in [-0.15, -0.1) is 0 Å². The minimum atomic E-state index is -3.38. The van der Waals surface area contributed by atoms with Crippen LogP contribution in [-0.2, 0) is 14.8 Å². The number of ether oxygens (including phenoxy) is 1. The van der Waals surface area contributed by atoms with E-state index in [1.807, 2.05) is 20.8 Å². The molecule has 0 fully saturated rings. The third-order valence-electron chi connectivity index (χ3n) is 1.88. The van der Waals surface area contributed by atoms with E-state index in [9.17, 15) is 8.42 Å². The average molecular weight is 268 g/mol. The predicted molar refractivity (Wildman–Crippen MR) is 68.9 cm³/mol. The summed E-state index contributed by atoms with van der Waals surface area (Å²) >= 11 is 4.76. The summed E-state index contributed by atoms with van der Waals surface area (Å²) in [4.78, 5) is 0.163. The molecule has 96 valence electrons. The van der Waals surface area contributed by atoms with Crippen LogP contribution in [-0.4, -0.2) is 37.9 Å². The lowest BCUT2D eigenvalue weighted by molar-refractivity contribution is 0.0911. The topological polar surface area (TPSA) is 81.4 Å². The maximum absolute atomic E-state index is 11.6. The van der Waals surface area contributed by atoms with E-state index in [1.165, 1.54) is 0 Å². The molecule has 0 saturated heterocycles. The number of hydrogen-bond acceptors (Lipinski definition) is 4. The van der Waals surface area contributed by atoms with Gasteiger partial charge in [-0.25, -0.2) is 13.1 Å². The van der Waals surface area contributed by atoms with Gasteiger partial charge in [0, 0.05) is 0 Å². The molecule has 3 N–H and O–H groups in total. The van der Waals surface area contributed by atoms with Crippen molar-refractivity contribution in [2.24, 2.45) is 5.73 Å². The molecule has 0 bridgehead atoms. The minimum absolute atomic E-state index is 0.0211. The second-order valence-corrected chi connectivity index (χ2v) is 6.06. The maximum Gasteiger partial charge on any atom is 0.214 e. The molecular formula is C9H20N2O3S2. The van der Waals surface area contributed by atoms with Crippen LogP contribution in [0.2, 0.25) is 0 Å². The summed E-state index contributed by atoms with van der Waals surface area (Å²) < 4.78 is 30.8. The first-order valence-corrected chi connectivity index (χ1v) is 7.25. The van der Waals surface area contributed by atoms with Gasteiger partial charge < -0.3 is 10.5 Å². The SMILES string of the molecule is CCC(NS(=O)(=O)CCOC(C)C)C(N)=S. The van der Waals surface area contributed by atoms with Crippen LogP contribution in [0.25, 0.3) is 0 Å². The molecule has 16 heavy (non-hydrogen) atoms. The van der Waals surface area contributed by atoms with Crippen molar-refractivity contribution >= 4 is 27.2 Å². The fraction of sp³-hybridized carbons (Fsp3) is 0.889. The first-order chi connectivity index (χ1) is 7.28. The molecule has 0 radical (unpaired) electrons. The average Bonchev–Trinajstić information content (AvgIpc) is 2.12. The van der Waals surface area contributed by atoms with Crippen molar-refractivity contribution in [3.05, 3.63) is 0 Å². The number of thiocarbonyl (C=S) groups is 1. The summed E-state index contributed by atoms with van der Waals surface area (Å²) in [6.07, 6.45) is 0.562. The quantitative estimate of drug-likeness (QED) is 0.623. The van der Waals surface area contributed by atoms with Gasteiger partial charge in [-0.1, -0.05) is 19.1 Å². The normalized spacial score (nSPS) is 14.0. The fourth-order valence-corrected chi connectivity index (χ4v) is 2.47. The van der Waals surface area contributed by atoms with Crippen LogP contribution >= 0.6 is 12.2 Å². The molecule has 0 aliphatic carbocycles. The number of sulfonamides is 1. The van der Waals surface area contributed by atoms with Gasteiger partial charge >= 0.3 is 0 Å². The Bertz CT molecular complexity index is 315. The molecule has 0 aliphatic heterocycles. The van der Waals surface area contributed by atoms with E-state index in [0.717, 1.165) is 0 Å². The third-order valence-corrected chi connectivity index (χ3v) is 3.51. The van der Waals surface area contributed by atoms with Crippen LogP contribution in [0.5, 0.6) is 0 Å². The Labute approximate surface area is 103 Å². The first-order valence-electron chi connectivity index (χ1n) is 5.19.